The first-order chi connectivity index (χ1) is 16.2. The van der Waals surface area contributed by atoms with Crippen molar-refractivity contribution >= 4 is 12.4 Å². The van der Waals surface area contributed by atoms with Crippen LogP contribution >= 0.6 is 12.4 Å². The van der Waals surface area contributed by atoms with Gasteiger partial charge in [-0.1, -0.05) is 12.1 Å². The zero-order valence-corrected chi connectivity index (χ0v) is 21.9. The normalized spacial score (nSPS) is 22.8. The second kappa shape index (κ2) is 10.0. The number of ether oxygens (including phenoxy) is 1. The van der Waals surface area contributed by atoms with Crippen LogP contribution in [0.2, 0.25) is 0 Å². The summed E-state index contributed by atoms with van der Waals surface area (Å²) in [7, 11) is 0. The first kappa shape index (κ1) is 28.6. The van der Waals surface area contributed by atoms with Crippen LogP contribution in [0.5, 0.6) is 11.5 Å². The van der Waals surface area contributed by atoms with E-state index in [0.717, 1.165) is 40.1 Å². The highest BCUT2D eigenvalue weighted by molar-refractivity contribution is 5.85. The van der Waals surface area contributed by atoms with Crippen molar-refractivity contribution < 1.29 is 33.2 Å². The van der Waals surface area contributed by atoms with Gasteiger partial charge in [0.2, 0.25) is 0 Å². The maximum absolute atomic E-state index is 13.1. The van der Waals surface area contributed by atoms with Gasteiger partial charge in [-0.3, -0.25) is 0 Å². The average Bonchev–Trinajstić information content (AvgIpc) is 2.82. The van der Waals surface area contributed by atoms with Gasteiger partial charge in [0.1, 0.15) is 23.2 Å². The Morgan fingerprint density at radius 3 is 2.31 bits per heavy atom. The van der Waals surface area contributed by atoms with Gasteiger partial charge in [-0.15, -0.1) is 12.4 Å². The number of aliphatic hydroxyl groups is 2. The van der Waals surface area contributed by atoms with Crippen LogP contribution in [0.25, 0.3) is 0 Å². The minimum atomic E-state index is -4.46. The SMILES string of the molecule is Cc1c(C)c2c(c(C)c1O)CCC(C)(C(O)CN1CCC(O)(c3cccc(C(F)(F)F)c3)CC1)O2.Cl. The number of hydrogen-bond donors (Lipinski definition) is 3. The highest BCUT2D eigenvalue weighted by atomic mass is 35.5. The lowest BCUT2D eigenvalue weighted by molar-refractivity contribution is -0.137. The lowest BCUT2D eigenvalue weighted by Gasteiger charge is -2.44. The molecule has 0 aromatic heterocycles. The third-order valence-electron chi connectivity index (χ3n) is 8.09. The smallest absolute Gasteiger partial charge is 0.416 e. The van der Waals surface area contributed by atoms with E-state index in [1.54, 1.807) is 0 Å². The number of nitrogens with zero attached hydrogens (tertiary/aromatic N) is 1. The van der Waals surface area contributed by atoms with Crippen LogP contribution < -0.4 is 4.74 Å². The molecule has 0 aliphatic carbocycles. The number of β-amino-alcohol motifs (C(OH)–C–C–N with tert-alkyl or cyclic N) is 1. The highest BCUT2D eigenvalue weighted by Crippen LogP contribution is 2.44. The molecule has 2 aromatic carbocycles. The summed E-state index contributed by atoms with van der Waals surface area (Å²) in [6.45, 7) is 8.75. The van der Waals surface area contributed by atoms with Crippen molar-refractivity contribution in [1.82, 2.24) is 4.90 Å². The molecule has 9 heteroatoms. The molecule has 0 saturated carbocycles. The monoisotopic (exact) mass is 529 g/mol. The van der Waals surface area contributed by atoms with Crippen LogP contribution in [0.15, 0.2) is 24.3 Å². The maximum atomic E-state index is 13.1. The molecular weight excluding hydrogens is 495 g/mol. The number of benzene rings is 2. The predicted molar refractivity (Wildman–Crippen MR) is 134 cm³/mol. The summed E-state index contributed by atoms with van der Waals surface area (Å²) in [5.74, 6) is 1.01. The first-order valence-electron chi connectivity index (χ1n) is 12.1. The number of hydrogen-bond acceptors (Lipinski definition) is 5. The molecule has 0 radical (unpaired) electrons. The van der Waals surface area contributed by atoms with Gasteiger partial charge in [-0.25, -0.2) is 0 Å². The third-order valence-corrected chi connectivity index (χ3v) is 8.09. The molecule has 2 aliphatic rings. The summed E-state index contributed by atoms with van der Waals surface area (Å²) < 4.78 is 45.7. The molecule has 36 heavy (non-hydrogen) atoms. The lowest BCUT2D eigenvalue weighted by Crippen LogP contribution is -2.54. The largest absolute Gasteiger partial charge is 0.507 e. The molecule has 1 saturated heterocycles. The zero-order valence-electron chi connectivity index (χ0n) is 21.1. The van der Waals surface area contributed by atoms with E-state index < -0.39 is 29.0 Å². The molecule has 2 atom stereocenters. The predicted octanol–water partition coefficient (Wildman–Crippen LogP) is 5.19. The molecule has 5 nitrogen and oxygen atoms in total. The van der Waals surface area contributed by atoms with E-state index in [2.05, 4.69) is 0 Å². The lowest BCUT2D eigenvalue weighted by atomic mass is 9.82. The molecule has 0 amide bonds. The highest BCUT2D eigenvalue weighted by Gasteiger charge is 2.43. The average molecular weight is 530 g/mol. The Morgan fingerprint density at radius 1 is 1.06 bits per heavy atom. The maximum Gasteiger partial charge on any atom is 0.416 e. The Labute approximate surface area is 216 Å². The first-order valence-corrected chi connectivity index (χ1v) is 12.1. The van der Waals surface area contributed by atoms with Gasteiger partial charge in [0, 0.05) is 25.2 Å². The van der Waals surface area contributed by atoms with Gasteiger partial charge in [-0.05, 0) is 87.8 Å². The molecule has 4 rings (SSSR count). The van der Waals surface area contributed by atoms with Crippen LogP contribution in [0, 0.1) is 20.8 Å². The van der Waals surface area contributed by atoms with Gasteiger partial charge >= 0.3 is 6.18 Å². The van der Waals surface area contributed by atoms with Crippen LogP contribution in [0.4, 0.5) is 13.2 Å². The number of aromatic hydroxyl groups is 1. The number of alkyl halides is 3. The Kier molecular flexibility index (Phi) is 7.97. The van der Waals surface area contributed by atoms with Crippen molar-refractivity contribution in [3.8, 4) is 11.5 Å². The molecule has 1 fully saturated rings. The summed E-state index contributed by atoms with van der Waals surface area (Å²) in [6.07, 6.45) is -3.44. The van der Waals surface area contributed by atoms with Gasteiger partial charge < -0.3 is 25.0 Å². The number of halogens is 4. The fourth-order valence-corrected chi connectivity index (χ4v) is 5.32. The van der Waals surface area contributed by atoms with Crippen LogP contribution in [0.3, 0.4) is 0 Å². The standard InChI is InChI=1S/C27H34F3NO4.ClH/c1-16-17(2)24-21(18(3)23(16)33)8-9-25(4,35-24)22(32)15-31-12-10-26(34,11-13-31)19-6-5-7-20(14-19)27(28,29)30;/h5-7,14,22,32-34H,8-13,15H2,1-4H3;1H. The van der Waals surface area contributed by atoms with E-state index in [9.17, 15) is 28.5 Å². The van der Waals surface area contributed by atoms with Crippen LogP contribution in [-0.2, 0) is 18.2 Å². The van der Waals surface area contributed by atoms with Gasteiger partial charge in [0.05, 0.1) is 11.2 Å². The van der Waals surface area contributed by atoms with Gasteiger partial charge in [-0.2, -0.15) is 13.2 Å². The van der Waals surface area contributed by atoms with Crippen LogP contribution in [0.1, 0.15) is 59.6 Å². The Morgan fingerprint density at radius 2 is 1.69 bits per heavy atom. The summed E-state index contributed by atoms with van der Waals surface area (Å²) in [4.78, 5) is 2.02. The van der Waals surface area contributed by atoms with E-state index in [1.807, 2.05) is 32.6 Å². The van der Waals surface area contributed by atoms with Crippen molar-refractivity contribution in [3.63, 3.8) is 0 Å². The van der Waals surface area contributed by atoms with Crippen molar-refractivity contribution in [1.29, 1.82) is 0 Å². The second-order valence-electron chi connectivity index (χ2n) is 10.4. The fraction of sp³-hybridized carbons (Fsp3) is 0.556. The number of phenols is 1. The molecule has 3 N–H and O–H groups in total. The van der Waals surface area contributed by atoms with E-state index in [-0.39, 0.29) is 36.6 Å². The Balaban J connectivity index is 0.00000361. The van der Waals surface area contributed by atoms with Crippen molar-refractivity contribution in [2.75, 3.05) is 19.6 Å². The van der Waals surface area contributed by atoms with Gasteiger partial charge in [0.15, 0.2) is 0 Å². The second-order valence-corrected chi connectivity index (χ2v) is 10.4. The number of fused-ring (bicyclic) bond motifs is 1. The minimum absolute atomic E-state index is 0. The zero-order chi connectivity index (χ0) is 25.8. The van der Waals surface area contributed by atoms with Gasteiger partial charge in [0.25, 0.3) is 0 Å². The molecule has 200 valence electrons. The van der Waals surface area contributed by atoms with E-state index in [4.69, 9.17) is 4.74 Å². The van der Waals surface area contributed by atoms with Crippen molar-refractivity contribution in [2.45, 2.75) is 76.9 Å². The fourth-order valence-electron chi connectivity index (χ4n) is 5.32. The molecule has 2 aromatic rings. The summed E-state index contributed by atoms with van der Waals surface area (Å²) in [5.41, 5.74) is 0.775. The Hall–Kier alpha value is -2.00. The van der Waals surface area contributed by atoms with Crippen molar-refractivity contribution in [2.24, 2.45) is 0 Å². The van der Waals surface area contributed by atoms with E-state index in [0.29, 0.717) is 32.5 Å². The molecule has 2 aliphatic heterocycles. The molecule has 0 spiro atoms. The van der Waals surface area contributed by atoms with Crippen molar-refractivity contribution in [3.05, 3.63) is 57.6 Å². The molecule has 2 heterocycles. The summed E-state index contributed by atoms with van der Waals surface area (Å²) in [6, 6.07) is 4.91. The summed E-state index contributed by atoms with van der Waals surface area (Å²) >= 11 is 0. The molecule has 2 unspecified atom stereocenters. The quantitative estimate of drug-likeness (QED) is 0.508. The number of rotatable bonds is 4. The number of piperidine rings is 1. The van der Waals surface area contributed by atoms with Crippen LogP contribution in [-0.4, -0.2) is 51.6 Å². The number of phenolic OH excluding ortho intramolecular Hbond substituents is 1. The van der Waals surface area contributed by atoms with E-state index in [1.165, 1.54) is 12.1 Å². The topological polar surface area (TPSA) is 73.2 Å². The Bertz CT molecular complexity index is 1120. The number of likely N-dealkylation sites (tertiary alicyclic amines) is 1. The minimum Gasteiger partial charge on any atom is -0.507 e. The molecule has 0 bridgehead atoms. The third kappa shape index (κ3) is 5.19. The molecular formula is C27H35ClF3NO4. The summed E-state index contributed by atoms with van der Waals surface area (Å²) in [5, 5.41) is 32.7. The number of aliphatic hydroxyl groups excluding tert-OH is 1. The van der Waals surface area contributed by atoms with E-state index >= 15 is 0 Å².